The molecule has 0 saturated heterocycles. The normalized spacial score (nSPS) is 13.2. The first-order valence-corrected chi connectivity index (χ1v) is 24.8. The van der Waals surface area contributed by atoms with Crippen LogP contribution in [0.4, 0.5) is 0 Å². The van der Waals surface area contributed by atoms with Crippen molar-refractivity contribution in [1.82, 2.24) is 9.80 Å². The highest BCUT2D eigenvalue weighted by Crippen LogP contribution is 2.50. The van der Waals surface area contributed by atoms with Gasteiger partial charge in [0.05, 0.1) is 77.5 Å². The lowest BCUT2D eigenvalue weighted by Crippen LogP contribution is -2.31. The van der Waals surface area contributed by atoms with Gasteiger partial charge in [0.15, 0.2) is 0 Å². The molecule has 1 aromatic carbocycles. The molecule has 50 heavy (non-hydrogen) atoms. The van der Waals surface area contributed by atoms with Gasteiger partial charge in [-0.25, -0.2) is 0 Å². The highest BCUT2D eigenvalue weighted by Gasteiger charge is 2.30. The lowest BCUT2D eigenvalue weighted by molar-refractivity contribution is 0.204. The molecule has 0 fully saturated rings. The van der Waals surface area contributed by atoms with Crippen LogP contribution in [0.2, 0.25) is 0 Å². The number of hydrogen-bond donors (Lipinski definition) is 0. The van der Waals surface area contributed by atoms with Gasteiger partial charge in [-0.1, -0.05) is 24.3 Å². The maximum atomic E-state index is 13.3. The molecule has 1 rings (SSSR count). The fourth-order valence-corrected chi connectivity index (χ4v) is 11.8. The van der Waals surface area contributed by atoms with E-state index in [0.717, 1.165) is 11.1 Å². The van der Waals surface area contributed by atoms with Crippen molar-refractivity contribution in [1.29, 1.82) is 0 Å². The summed E-state index contributed by atoms with van der Waals surface area (Å²) in [6.07, 6.45) is 0.647. The van der Waals surface area contributed by atoms with Crippen molar-refractivity contribution < 1.29 is 54.5 Å². The van der Waals surface area contributed by atoms with Gasteiger partial charge in [-0.15, -0.1) is 0 Å². The standard InChI is InChI=1S/C32H64N2O12P4/c1-9-39-47(35,40-10-2)24-20-33(21-25-48(36,41-11-3)42-12-4)29-31-18-17-19-32(28-31)30-34(22-26-49(37,43-13-5)44-14-6)23-27-50(38,45-15-7)46-16-8/h17-19,28H,9-16,20-27,29-30H2,1-8H3. The average Bonchev–Trinajstić information content (AvgIpc) is 3.05. The summed E-state index contributed by atoms with van der Waals surface area (Å²) in [4.78, 5) is 4.10. The number of benzene rings is 1. The predicted octanol–water partition coefficient (Wildman–Crippen LogP) is 8.36. The summed E-state index contributed by atoms with van der Waals surface area (Å²) in [5.41, 5.74) is 1.94. The zero-order valence-corrected chi connectivity index (χ0v) is 35.2. The van der Waals surface area contributed by atoms with E-state index in [1.807, 2.05) is 28.0 Å². The Kier molecular flexibility index (Phi) is 24.6. The maximum absolute atomic E-state index is 13.3. The number of rotatable bonds is 32. The van der Waals surface area contributed by atoms with Crippen LogP contribution in [-0.4, -0.2) is 113 Å². The summed E-state index contributed by atoms with van der Waals surface area (Å²) in [5.74, 6) is 0. The molecular formula is C32H64N2O12P4. The third-order valence-electron chi connectivity index (χ3n) is 7.17. The summed E-state index contributed by atoms with van der Waals surface area (Å²) < 4.78 is 97.5. The van der Waals surface area contributed by atoms with Gasteiger partial charge >= 0.3 is 30.4 Å². The Bertz CT molecular complexity index is 1060. The molecule has 0 saturated carbocycles. The second kappa shape index (κ2) is 25.7. The fraction of sp³-hybridized carbons (Fsp3) is 0.812. The average molecular weight is 793 g/mol. The van der Waals surface area contributed by atoms with Gasteiger partial charge in [0.25, 0.3) is 0 Å². The summed E-state index contributed by atoms with van der Waals surface area (Å²) in [6, 6.07) is 8.00. The molecule has 0 N–H and O–H groups in total. The second-order valence-electron chi connectivity index (χ2n) is 11.1. The van der Waals surface area contributed by atoms with Crippen molar-refractivity contribution in [2.45, 2.75) is 68.5 Å². The smallest absolute Gasteiger partial charge is 0.309 e. The van der Waals surface area contributed by atoms with Crippen molar-refractivity contribution in [3.8, 4) is 0 Å². The fourth-order valence-electron chi connectivity index (χ4n) is 5.18. The maximum Gasteiger partial charge on any atom is 0.331 e. The molecule has 0 heterocycles. The van der Waals surface area contributed by atoms with Crippen LogP contribution in [0.5, 0.6) is 0 Å². The minimum absolute atomic E-state index is 0.162. The Labute approximate surface area is 301 Å². The second-order valence-corrected chi connectivity index (χ2v) is 19.8. The third kappa shape index (κ3) is 19.2. The quantitative estimate of drug-likeness (QED) is 0.0643. The number of nitrogens with zero attached hydrogens (tertiary/aromatic N) is 2. The van der Waals surface area contributed by atoms with Crippen LogP contribution in [-0.2, 0) is 67.5 Å². The topological polar surface area (TPSA) is 149 Å². The van der Waals surface area contributed by atoms with Gasteiger partial charge in [0.2, 0.25) is 0 Å². The van der Waals surface area contributed by atoms with Crippen LogP contribution in [0.15, 0.2) is 24.3 Å². The van der Waals surface area contributed by atoms with E-state index in [1.165, 1.54) is 0 Å². The highest BCUT2D eigenvalue weighted by atomic mass is 31.2. The molecule has 18 heteroatoms. The van der Waals surface area contributed by atoms with Gasteiger partial charge < -0.3 is 36.2 Å². The van der Waals surface area contributed by atoms with Crippen molar-refractivity contribution in [2.24, 2.45) is 0 Å². The summed E-state index contributed by atoms with van der Waals surface area (Å²) in [5, 5.41) is 0. The summed E-state index contributed by atoms with van der Waals surface area (Å²) in [7, 11) is -13.3. The van der Waals surface area contributed by atoms with Crippen molar-refractivity contribution in [2.75, 3.05) is 104 Å². The first-order valence-electron chi connectivity index (χ1n) is 17.8. The largest absolute Gasteiger partial charge is 0.331 e. The van der Waals surface area contributed by atoms with Crippen LogP contribution < -0.4 is 0 Å². The number of hydrogen-bond acceptors (Lipinski definition) is 14. The SMILES string of the molecule is CCOP(=O)(CCN(CCP(=O)(OCC)OCC)Cc1cccc(CN(CCP(=O)(OCC)OCC)CCP(=O)(OCC)OCC)c1)OCC. The predicted molar refractivity (Wildman–Crippen MR) is 200 cm³/mol. The zero-order valence-electron chi connectivity index (χ0n) is 31.6. The van der Waals surface area contributed by atoms with Crippen LogP contribution in [0.25, 0.3) is 0 Å². The third-order valence-corrected chi connectivity index (χ3v) is 15.4. The van der Waals surface area contributed by atoms with Crippen molar-refractivity contribution >= 4 is 30.4 Å². The summed E-state index contributed by atoms with van der Waals surface area (Å²) >= 11 is 0. The van der Waals surface area contributed by atoms with Gasteiger partial charge in [-0.2, -0.15) is 0 Å². The zero-order chi connectivity index (χ0) is 37.5. The van der Waals surface area contributed by atoms with E-state index in [0.29, 0.717) is 39.3 Å². The van der Waals surface area contributed by atoms with Crippen LogP contribution >= 0.6 is 30.4 Å². The molecule has 0 amide bonds. The molecule has 0 atom stereocenters. The van der Waals surface area contributed by atoms with E-state index in [4.69, 9.17) is 36.2 Å². The van der Waals surface area contributed by atoms with E-state index in [1.54, 1.807) is 55.4 Å². The molecule has 0 aromatic heterocycles. The Morgan fingerprint density at radius 1 is 0.420 bits per heavy atom. The Hall–Kier alpha value is -0.260. The first kappa shape index (κ1) is 47.8. The van der Waals surface area contributed by atoms with E-state index in [2.05, 4.69) is 6.07 Å². The lowest BCUT2D eigenvalue weighted by atomic mass is 10.1. The Morgan fingerprint density at radius 2 is 0.640 bits per heavy atom. The molecule has 294 valence electrons. The Morgan fingerprint density at radius 3 is 0.840 bits per heavy atom. The van der Waals surface area contributed by atoms with Crippen LogP contribution in [0, 0.1) is 0 Å². The molecule has 14 nitrogen and oxygen atoms in total. The molecule has 1 aromatic rings. The highest BCUT2D eigenvalue weighted by molar-refractivity contribution is 7.54. The van der Waals surface area contributed by atoms with E-state index in [-0.39, 0.29) is 77.5 Å². The molecule has 0 bridgehead atoms. The molecule has 0 spiro atoms. The molecule has 0 aliphatic rings. The van der Waals surface area contributed by atoms with Crippen molar-refractivity contribution in [3.05, 3.63) is 35.4 Å². The lowest BCUT2D eigenvalue weighted by Gasteiger charge is -2.28. The van der Waals surface area contributed by atoms with Crippen molar-refractivity contribution in [3.63, 3.8) is 0 Å². The Balaban J connectivity index is 3.32. The molecule has 0 aliphatic carbocycles. The van der Waals surface area contributed by atoms with Gasteiger partial charge in [-0.3, -0.25) is 28.1 Å². The minimum Gasteiger partial charge on any atom is -0.309 e. The van der Waals surface area contributed by atoms with Gasteiger partial charge in [0, 0.05) is 39.3 Å². The van der Waals surface area contributed by atoms with E-state index in [9.17, 15) is 18.3 Å². The monoisotopic (exact) mass is 792 g/mol. The van der Waals surface area contributed by atoms with Gasteiger partial charge in [-0.05, 0) is 66.5 Å². The van der Waals surface area contributed by atoms with E-state index >= 15 is 0 Å². The van der Waals surface area contributed by atoms with E-state index < -0.39 is 30.4 Å². The first-order chi connectivity index (χ1) is 23.8. The molecule has 0 radical (unpaired) electrons. The summed E-state index contributed by atoms with van der Waals surface area (Å²) in [6.45, 7) is 18.6. The van der Waals surface area contributed by atoms with Crippen LogP contribution in [0.1, 0.15) is 66.5 Å². The minimum atomic E-state index is -3.33. The molecule has 0 unspecified atom stereocenters. The van der Waals surface area contributed by atoms with Gasteiger partial charge in [0.1, 0.15) is 0 Å². The molecule has 0 aliphatic heterocycles. The van der Waals surface area contributed by atoms with Crippen LogP contribution in [0.3, 0.4) is 0 Å². The molecular weight excluding hydrogens is 728 g/mol.